The molecule has 0 fully saturated rings. The van der Waals surface area contributed by atoms with E-state index in [9.17, 15) is 35.9 Å². The van der Waals surface area contributed by atoms with Gasteiger partial charge in [-0.15, -0.1) is 0 Å². The molecule has 0 aliphatic rings. The summed E-state index contributed by atoms with van der Waals surface area (Å²) < 4.78 is 79.7. The molecular weight excluding hydrogens is 282 g/mol. The van der Waals surface area contributed by atoms with E-state index in [2.05, 4.69) is 9.47 Å². The molecule has 0 amide bonds. The molecule has 0 radical (unpaired) electrons. The van der Waals surface area contributed by atoms with Crippen molar-refractivity contribution in [2.24, 2.45) is 0 Å². The molecule has 0 aliphatic carbocycles. The lowest BCUT2D eigenvalue weighted by molar-refractivity contribution is -0.374. The van der Waals surface area contributed by atoms with E-state index in [4.69, 9.17) is 10.2 Å². The summed E-state index contributed by atoms with van der Waals surface area (Å²) in [6.07, 6.45) is -17.8. The van der Waals surface area contributed by atoms with Gasteiger partial charge in [-0.25, -0.2) is 9.59 Å². The molecule has 0 aromatic rings. The van der Waals surface area contributed by atoms with Crippen LogP contribution in [0.15, 0.2) is 0 Å². The second-order valence-corrected chi connectivity index (χ2v) is 2.75. The molecule has 0 aromatic heterocycles. The maximum atomic E-state index is 12.3. The summed E-state index contributed by atoms with van der Waals surface area (Å²) in [6.45, 7) is -2.60. The molecule has 0 rings (SSSR count). The van der Waals surface area contributed by atoms with Gasteiger partial charge in [0.25, 0.3) is 0 Å². The van der Waals surface area contributed by atoms with Crippen LogP contribution in [-0.2, 0) is 9.47 Å². The number of hydrogen-bond donors (Lipinski definition) is 2. The first kappa shape index (κ1) is 16.1. The number of rotatable bonds is 3. The predicted molar refractivity (Wildman–Crippen MR) is 37.9 cm³/mol. The highest BCUT2D eigenvalue weighted by Gasteiger charge is 2.75. The molecule has 0 atom stereocenters. The Labute approximate surface area is 93.7 Å². The average Bonchev–Trinajstić information content (AvgIpc) is 2.06. The van der Waals surface area contributed by atoms with Crippen molar-refractivity contribution in [3.8, 4) is 0 Å². The van der Waals surface area contributed by atoms with E-state index in [1.165, 1.54) is 0 Å². The highest BCUT2D eigenvalue weighted by Crippen LogP contribution is 2.46. The second-order valence-electron chi connectivity index (χ2n) is 2.75. The van der Waals surface area contributed by atoms with Gasteiger partial charge < -0.3 is 19.7 Å². The third kappa shape index (κ3) is 3.30. The van der Waals surface area contributed by atoms with Crippen molar-refractivity contribution in [1.29, 1.82) is 0 Å². The van der Waals surface area contributed by atoms with Crippen LogP contribution >= 0.6 is 0 Å². The monoisotopic (exact) mass is 286 g/mol. The van der Waals surface area contributed by atoms with Crippen molar-refractivity contribution < 1.29 is 55.6 Å². The number of ether oxygens (including phenoxy) is 2. The zero-order valence-electron chi connectivity index (χ0n) is 8.00. The quantitative estimate of drug-likeness (QED) is 0.610. The Balaban J connectivity index is 5.56. The molecule has 0 spiro atoms. The lowest BCUT2D eigenvalue weighted by atomic mass is 10.0. The minimum atomic E-state index is -6.25. The van der Waals surface area contributed by atoms with Gasteiger partial charge in [0.15, 0.2) is 6.61 Å². The normalized spacial score (nSPS) is 13.0. The van der Waals surface area contributed by atoms with E-state index < -0.39 is 36.9 Å². The minimum Gasteiger partial charge on any atom is -0.450 e. The van der Waals surface area contributed by atoms with Crippen molar-refractivity contribution in [1.82, 2.24) is 0 Å². The largest absolute Gasteiger partial charge is 0.507 e. The first-order valence-electron chi connectivity index (χ1n) is 3.74. The van der Waals surface area contributed by atoms with Gasteiger partial charge in [0.1, 0.15) is 0 Å². The van der Waals surface area contributed by atoms with Crippen LogP contribution in [0.4, 0.5) is 35.9 Å². The Bertz CT molecular complexity index is 318. The number of halogens is 6. The average molecular weight is 286 g/mol. The summed E-state index contributed by atoms with van der Waals surface area (Å²) in [5, 5.41) is 15.8. The molecule has 106 valence electrons. The van der Waals surface area contributed by atoms with Gasteiger partial charge in [-0.2, -0.15) is 26.3 Å². The van der Waals surface area contributed by atoms with Crippen molar-refractivity contribution in [3.05, 3.63) is 0 Å². The third-order valence-electron chi connectivity index (χ3n) is 1.58. The predicted octanol–water partition coefficient (Wildman–Crippen LogP) is 2.24. The van der Waals surface area contributed by atoms with Gasteiger partial charge in [0.2, 0.25) is 0 Å². The van der Waals surface area contributed by atoms with Crippen molar-refractivity contribution in [3.63, 3.8) is 0 Å². The molecule has 12 heteroatoms. The van der Waals surface area contributed by atoms with E-state index in [-0.39, 0.29) is 0 Å². The summed E-state index contributed by atoms with van der Waals surface area (Å²) in [4.78, 5) is 19.8. The van der Waals surface area contributed by atoms with Gasteiger partial charge in [-0.1, -0.05) is 0 Å². The zero-order chi connectivity index (χ0) is 14.8. The van der Waals surface area contributed by atoms with Gasteiger partial charge >= 0.3 is 30.3 Å². The standard InChI is InChI=1S/C6H4F6O6/c7-5(8,9)4(6(10,11)12,18-3(15)16)1-17-2(13)14/h1H2,(H,13,14)(H,15,16). The molecule has 0 bridgehead atoms. The fourth-order valence-corrected chi connectivity index (χ4v) is 0.782. The topological polar surface area (TPSA) is 93.1 Å². The van der Waals surface area contributed by atoms with Crippen LogP contribution in [0.3, 0.4) is 0 Å². The lowest BCUT2D eigenvalue weighted by Gasteiger charge is -2.34. The SMILES string of the molecule is O=C(O)OCC(OC(=O)O)(C(F)(F)F)C(F)(F)F. The maximum Gasteiger partial charge on any atom is 0.507 e. The summed E-state index contributed by atoms with van der Waals surface area (Å²) >= 11 is 0. The summed E-state index contributed by atoms with van der Waals surface area (Å²) in [6, 6.07) is 0. The summed E-state index contributed by atoms with van der Waals surface area (Å²) in [7, 11) is 0. The summed E-state index contributed by atoms with van der Waals surface area (Å²) in [5.41, 5.74) is -5.27. The number of carbonyl (C=O) groups is 2. The zero-order valence-corrected chi connectivity index (χ0v) is 8.00. The smallest absolute Gasteiger partial charge is 0.450 e. The molecule has 0 aliphatic heterocycles. The van der Waals surface area contributed by atoms with E-state index in [1.54, 1.807) is 0 Å². The Kier molecular flexibility index (Phi) is 4.28. The molecule has 0 aromatic carbocycles. The fourth-order valence-electron chi connectivity index (χ4n) is 0.782. The molecule has 18 heavy (non-hydrogen) atoms. The van der Waals surface area contributed by atoms with Gasteiger partial charge in [0.05, 0.1) is 0 Å². The highest BCUT2D eigenvalue weighted by atomic mass is 19.4. The molecule has 0 saturated heterocycles. The van der Waals surface area contributed by atoms with E-state index in [0.717, 1.165) is 0 Å². The Morgan fingerprint density at radius 3 is 1.50 bits per heavy atom. The first-order valence-corrected chi connectivity index (χ1v) is 3.74. The highest BCUT2D eigenvalue weighted by molar-refractivity contribution is 5.59. The van der Waals surface area contributed by atoms with Gasteiger partial charge in [-0.05, 0) is 0 Å². The number of hydrogen-bond acceptors (Lipinski definition) is 4. The van der Waals surface area contributed by atoms with E-state index in [0.29, 0.717) is 0 Å². The molecular formula is C6H4F6O6. The first-order chi connectivity index (χ1) is 7.83. The molecule has 0 unspecified atom stereocenters. The van der Waals surface area contributed by atoms with Crippen LogP contribution in [0.1, 0.15) is 0 Å². The number of alkyl halides is 6. The minimum absolute atomic E-state index is 2.46. The van der Waals surface area contributed by atoms with Gasteiger partial charge in [-0.3, -0.25) is 0 Å². The van der Waals surface area contributed by atoms with Crippen LogP contribution in [0.5, 0.6) is 0 Å². The Morgan fingerprint density at radius 1 is 0.889 bits per heavy atom. The maximum absolute atomic E-state index is 12.3. The molecule has 6 nitrogen and oxygen atoms in total. The van der Waals surface area contributed by atoms with Crippen LogP contribution in [0, 0.1) is 0 Å². The van der Waals surface area contributed by atoms with Crippen LogP contribution < -0.4 is 0 Å². The van der Waals surface area contributed by atoms with Crippen LogP contribution in [-0.4, -0.2) is 47.1 Å². The molecule has 2 N–H and O–H groups in total. The van der Waals surface area contributed by atoms with Crippen molar-refractivity contribution in [2.75, 3.05) is 6.61 Å². The Morgan fingerprint density at radius 2 is 1.28 bits per heavy atom. The van der Waals surface area contributed by atoms with Crippen molar-refractivity contribution in [2.45, 2.75) is 18.0 Å². The van der Waals surface area contributed by atoms with Gasteiger partial charge in [0, 0.05) is 0 Å². The summed E-state index contributed by atoms with van der Waals surface area (Å²) in [5.74, 6) is 0. The van der Waals surface area contributed by atoms with Crippen molar-refractivity contribution >= 4 is 12.3 Å². The van der Waals surface area contributed by atoms with E-state index >= 15 is 0 Å². The lowest BCUT2D eigenvalue weighted by Crippen LogP contribution is -2.62. The molecule has 0 heterocycles. The molecule has 0 saturated carbocycles. The second kappa shape index (κ2) is 4.78. The number of carboxylic acid groups (broad SMARTS) is 2. The van der Waals surface area contributed by atoms with Crippen LogP contribution in [0.25, 0.3) is 0 Å². The Hall–Kier alpha value is -1.88. The van der Waals surface area contributed by atoms with Crippen LogP contribution in [0.2, 0.25) is 0 Å². The van der Waals surface area contributed by atoms with E-state index in [1.807, 2.05) is 0 Å². The third-order valence-corrected chi connectivity index (χ3v) is 1.58. The fraction of sp³-hybridized carbons (Fsp3) is 0.667.